The summed E-state index contributed by atoms with van der Waals surface area (Å²) in [4.78, 5) is 3.40. The van der Waals surface area contributed by atoms with Gasteiger partial charge in [-0.15, -0.1) is 11.6 Å². The Hall–Kier alpha value is -0.280. The minimum absolute atomic E-state index is 0.182. The molecule has 0 fully saturated rings. The Morgan fingerprint density at radius 1 is 1.70 bits per heavy atom. The fourth-order valence-electron chi connectivity index (χ4n) is 0.572. The van der Waals surface area contributed by atoms with Crippen LogP contribution in [0.5, 0.6) is 0 Å². The summed E-state index contributed by atoms with van der Waals surface area (Å²) in [7, 11) is 0. The second kappa shape index (κ2) is 3.21. The molecule has 0 spiro atoms. The highest BCUT2D eigenvalue weighted by Crippen LogP contribution is 2.12. The maximum absolute atomic E-state index is 12.3. The van der Waals surface area contributed by atoms with Gasteiger partial charge in [-0.1, -0.05) is 11.6 Å². The van der Waals surface area contributed by atoms with Gasteiger partial charge in [0.2, 0.25) is 0 Å². The van der Waals surface area contributed by atoms with Gasteiger partial charge in [0.1, 0.15) is 0 Å². The number of nitrogens with zero attached hydrogens (tertiary/aromatic N) is 1. The van der Waals surface area contributed by atoms with E-state index in [1.807, 2.05) is 0 Å². The van der Waals surface area contributed by atoms with Crippen molar-refractivity contribution in [3.05, 3.63) is 10.7 Å². The molecule has 2 nitrogen and oxygen atoms in total. The molecular formula is C5H5Cl2FN2. The van der Waals surface area contributed by atoms with Crippen molar-refractivity contribution in [2.24, 2.45) is 4.99 Å². The Kier molecular flexibility index (Phi) is 2.51. The quantitative estimate of drug-likeness (QED) is 0.484. The van der Waals surface area contributed by atoms with E-state index in [-0.39, 0.29) is 12.4 Å². The molecule has 1 heterocycles. The highest BCUT2D eigenvalue weighted by atomic mass is 35.5. The standard InChI is InChI=1S/C5H5Cl2FN2/c6-1-4-3(7)2-9-5(8)10-4/h1-2H2,(H,9,10). The number of halogens is 3. The van der Waals surface area contributed by atoms with E-state index in [2.05, 4.69) is 10.3 Å². The van der Waals surface area contributed by atoms with Crippen molar-refractivity contribution >= 4 is 29.3 Å². The first-order valence-corrected chi connectivity index (χ1v) is 3.55. The zero-order valence-electron chi connectivity index (χ0n) is 5.00. The Morgan fingerprint density at radius 3 is 2.90 bits per heavy atom. The van der Waals surface area contributed by atoms with E-state index in [0.29, 0.717) is 10.7 Å². The minimum atomic E-state index is -0.625. The van der Waals surface area contributed by atoms with Crippen molar-refractivity contribution in [2.75, 3.05) is 12.4 Å². The Bertz CT molecular complexity index is 200. The average molecular weight is 183 g/mol. The topological polar surface area (TPSA) is 24.4 Å². The monoisotopic (exact) mass is 182 g/mol. The molecule has 0 amide bonds. The van der Waals surface area contributed by atoms with Gasteiger partial charge in [0, 0.05) is 5.70 Å². The number of rotatable bonds is 1. The van der Waals surface area contributed by atoms with Crippen molar-refractivity contribution in [2.45, 2.75) is 0 Å². The maximum atomic E-state index is 12.3. The van der Waals surface area contributed by atoms with Gasteiger partial charge < -0.3 is 5.32 Å². The van der Waals surface area contributed by atoms with E-state index in [1.54, 1.807) is 0 Å². The van der Waals surface area contributed by atoms with Crippen molar-refractivity contribution in [3.8, 4) is 0 Å². The molecule has 0 unspecified atom stereocenters. The summed E-state index contributed by atoms with van der Waals surface area (Å²) >= 11 is 11.0. The fourth-order valence-corrected chi connectivity index (χ4v) is 1.04. The summed E-state index contributed by atoms with van der Waals surface area (Å²) in [5.41, 5.74) is 0.496. The fraction of sp³-hybridized carbons (Fsp3) is 0.400. The number of hydrogen-bond acceptors (Lipinski definition) is 2. The van der Waals surface area contributed by atoms with Gasteiger partial charge in [0.25, 0.3) is 6.09 Å². The third-order valence-corrected chi connectivity index (χ3v) is 1.69. The molecule has 10 heavy (non-hydrogen) atoms. The first-order valence-electron chi connectivity index (χ1n) is 2.64. The molecule has 56 valence electrons. The van der Waals surface area contributed by atoms with Gasteiger partial charge in [0.05, 0.1) is 17.5 Å². The predicted octanol–water partition coefficient (Wildman–Crippen LogP) is 1.60. The van der Waals surface area contributed by atoms with Crippen LogP contribution in [-0.2, 0) is 0 Å². The molecule has 1 N–H and O–H groups in total. The summed E-state index contributed by atoms with van der Waals surface area (Å²) in [5.74, 6) is 0.182. The third-order valence-electron chi connectivity index (χ3n) is 1.07. The molecule has 5 heteroatoms. The van der Waals surface area contributed by atoms with Crippen LogP contribution in [0.2, 0.25) is 0 Å². The van der Waals surface area contributed by atoms with Gasteiger partial charge in [-0.3, -0.25) is 0 Å². The number of hydrogen-bond donors (Lipinski definition) is 1. The lowest BCUT2D eigenvalue weighted by atomic mass is 10.4. The van der Waals surface area contributed by atoms with Crippen molar-refractivity contribution in [1.82, 2.24) is 5.32 Å². The summed E-state index contributed by atoms with van der Waals surface area (Å²) in [6.07, 6.45) is -0.625. The van der Waals surface area contributed by atoms with E-state index in [4.69, 9.17) is 23.2 Å². The first-order chi connectivity index (χ1) is 4.74. The smallest absolute Gasteiger partial charge is 0.282 e. The molecule has 1 rings (SSSR count). The molecule has 0 saturated heterocycles. The van der Waals surface area contributed by atoms with E-state index in [1.165, 1.54) is 0 Å². The second-order valence-electron chi connectivity index (χ2n) is 1.75. The molecular weight excluding hydrogens is 178 g/mol. The summed E-state index contributed by atoms with van der Waals surface area (Å²) < 4.78 is 12.3. The van der Waals surface area contributed by atoms with Gasteiger partial charge in [-0.25, -0.2) is 4.99 Å². The second-order valence-corrected chi connectivity index (χ2v) is 2.47. The Balaban J connectivity index is 2.69. The maximum Gasteiger partial charge on any atom is 0.282 e. The van der Waals surface area contributed by atoms with Crippen molar-refractivity contribution in [1.29, 1.82) is 0 Å². The van der Waals surface area contributed by atoms with Crippen LogP contribution in [0.4, 0.5) is 4.39 Å². The van der Waals surface area contributed by atoms with Crippen molar-refractivity contribution < 1.29 is 4.39 Å². The molecule has 0 aromatic carbocycles. The SMILES string of the molecule is FC1=NCC(Cl)=C(CCl)N1. The lowest BCUT2D eigenvalue weighted by molar-refractivity contribution is 0.729. The summed E-state index contributed by atoms with van der Waals surface area (Å²) in [6, 6.07) is 0. The van der Waals surface area contributed by atoms with E-state index in [9.17, 15) is 4.39 Å². The molecule has 0 radical (unpaired) electrons. The lowest BCUT2D eigenvalue weighted by Gasteiger charge is -2.11. The molecule has 1 aliphatic heterocycles. The molecule has 1 aliphatic rings. The molecule has 0 bridgehead atoms. The summed E-state index contributed by atoms with van der Waals surface area (Å²) in [6.45, 7) is 0.183. The highest BCUT2D eigenvalue weighted by Gasteiger charge is 2.10. The highest BCUT2D eigenvalue weighted by molar-refractivity contribution is 6.31. The Labute approximate surface area is 67.7 Å². The number of aliphatic imine (C=N–C) groups is 1. The molecule has 0 aromatic rings. The van der Waals surface area contributed by atoms with Gasteiger partial charge in [0.15, 0.2) is 0 Å². The normalized spacial score (nSPS) is 18.5. The predicted molar refractivity (Wildman–Crippen MR) is 40.1 cm³/mol. The minimum Gasteiger partial charge on any atom is -0.318 e. The molecule has 0 aromatic heterocycles. The van der Waals surface area contributed by atoms with Crippen LogP contribution in [0.15, 0.2) is 15.7 Å². The van der Waals surface area contributed by atoms with E-state index in [0.717, 1.165) is 0 Å². The molecule has 0 atom stereocenters. The first kappa shape index (κ1) is 7.82. The van der Waals surface area contributed by atoms with Crippen LogP contribution in [-0.4, -0.2) is 18.5 Å². The largest absolute Gasteiger partial charge is 0.318 e. The van der Waals surface area contributed by atoms with Crippen LogP contribution in [0, 0.1) is 0 Å². The van der Waals surface area contributed by atoms with Crippen LogP contribution in [0.25, 0.3) is 0 Å². The van der Waals surface area contributed by atoms with Crippen LogP contribution in [0.1, 0.15) is 0 Å². The van der Waals surface area contributed by atoms with Crippen LogP contribution < -0.4 is 5.32 Å². The lowest BCUT2D eigenvalue weighted by Crippen LogP contribution is -2.25. The summed E-state index contributed by atoms with van der Waals surface area (Å²) in [5, 5.41) is 2.78. The van der Waals surface area contributed by atoms with E-state index < -0.39 is 6.09 Å². The molecule has 0 aliphatic carbocycles. The zero-order valence-corrected chi connectivity index (χ0v) is 6.51. The number of alkyl halides is 1. The van der Waals surface area contributed by atoms with Crippen molar-refractivity contribution in [3.63, 3.8) is 0 Å². The van der Waals surface area contributed by atoms with E-state index >= 15 is 0 Å². The van der Waals surface area contributed by atoms with Gasteiger partial charge in [-0.2, -0.15) is 4.39 Å². The average Bonchev–Trinajstić information content (AvgIpc) is 1.94. The Morgan fingerprint density at radius 2 is 2.40 bits per heavy atom. The van der Waals surface area contributed by atoms with Gasteiger partial charge in [-0.05, 0) is 0 Å². The number of amidine groups is 1. The van der Waals surface area contributed by atoms with Gasteiger partial charge >= 0.3 is 0 Å². The van der Waals surface area contributed by atoms with Crippen LogP contribution >= 0.6 is 23.2 Å². The number of nitrogens with one attached hydrogen (secondary N) is 1. The third kappa shape index (κ3) is 1.61. The zero-order chi connectivity index (χ0) is 7.56. The molecule has 0 saturated carbocycles. The number of allylic oxidation sites excluding steroid dienone is 1. The van der Waals surface area contributed by atoms with Crippen LogP contribution in [0.3, 0.4) is 0 Å².